The third-order valence-electron chi connectivity index (χ3n) is 3.30. The monoisotopic (exact) mass is 298 g/mol. The molecule has 1 aromatic carbocycles. The molecule has 20 heavy (non-hydrogen) atoms. The average molecular weight is 299 g/mol. The fraction of sp³-hybridized carbons (Fsp3) is 0.533. The first-order chi connectivity index (χ1) is 9.29. The van der Waals surface area contributed by atoms with Crippen molar-refractivity contribution in [2.75, 3.05) is 25.0 Å². The number of nitrogens with one attached hydrogen (secondary N) is 2. The SMILES string of the molecule is CCCCOc1cccc(NC(=O)C2CCNC2)c1.Cl. The second-order valence-corrected chi connectivity index (χ2v) is 4.91. The van der Waals surface area contributed by atoms with Crippen molar-refractivity contribution in [3.05, 3.63) is 24.3 Å². The van der Waals surface area contributed by atoms with Crippen molar-refractivity contribution in [2.45, 2.75) is 26.2 Å². The summed E-state index contributed by atoms with van der Waals surface area (Å²) in [7, 11) is 0. The average Bonchev–Trinajstić information content (AvgIpc) is 2.93. The molecule has 0 spiro atoms. The molecule has 0 aromatic heterocycles. The van der Waals surface area contributed by atoms with Gasteiger partial charge in [0.15, 0.2) is 0 Å². The van der Waals surface area contributed by atoms with Gasteiger partial charge in [0, 0.05) is 18.3 Å². The van der Waals surface area contributed by atoms with Gasteiger partial charge in [-0.25, -0.2) is 0 Å². The topological polar surface area (TPSA) is 50.4 Å². The molecule has 4 nitrogen and oxygen atoms in total. The normalized spacial score (nSPS) is 17.4. The van der Waals surface area contributed by atoms with Crippen molar-refractivity contribution in [2.24, 2.45) is 5.92 Å². The maximum Gasteiger partial charge on any atom is 0.228 e. The summed E-state index contributed by atoms with van der Waals surface area (Å²) in [6.45, 7) is 4.56. The molecular weight excluding hydrogens is 276 g/mol. The van der Waals surface area contributed by atoms with Crippen molar-refractivity contribution in [3.8, 4) is 5.75 Å². The van der Waals surface area contributed by atoms with Crippen LogP contribution >= 0.6 is 12.4 Å². The highest BCUT2D eigenvalue weighted by atomic mass is 35.5. The van der Waals surface area contributed by atoms with E-state index >= 15 is 0 Å². The van der Waals surface area contributed by atoms with Crippen LogP contribution in [0.25, 0.3) is 0 Å². The summed E-state index contributed by atoms with van der Waals surface area (Å²) < 4.78 is 5.63. The highest BCUT2D eigenvalue weighted by Crippen LogP contribution is 2.19. The molecule has 5 heteroatoms. The number of unbranched alkanes of at least 4 members (excludes halogenated alkanes) is 1. The molecule has 1 aliphatic heterocycles. The Morgan fingerprint density at radius 3 is 3.05 bits per heavy atom. The molecule has 0 aliphatic carbocycles. The third-order valence-corrected chi connectivity index (χ3v) is 3.30. The Hall–Kier alpha value is -1.26. The number of hydrogen-bond donors (Lipinski definition) is 2. The summed E-state index contributed by atoms with van der Waals surface area (Å²) >= 11 is 0. The molecule has 112 valence electrons. The van der Waals surface area contributed by atoms with Crippen molar-refractivity contribution >= 4 is 24.0 Å². The fourth-order valence-electron chi connectivity index (χ4n) is 2.12. The van der Waals surface area contributed by atoms with E-state index in [9.17, 15) is 4.79 Å². The zero-order chi connectivity index (χ0) is 13.5. The van der Waals surface area contributed by atoms with Crippen molar-refractivity contribution in [3.63, 3.8) is 0 Å². The molecule has 0 bridgehead atoms. The van der Waals surface area contributed by atoms with Crippen LogP contribution in [0.1, 0.15) is 26.2 Å². The zero-order valence-corrected chi connectivity index (χ0v) is 12.7. The number of ether oxygens (including phenoxy) is 1. The lowest BCUT2D eigenvalue weighted by molar-refractivity contribution is -0.119. The Balaban J connectivity index is 0.00000200. The number of benzene rings is 1. The molecule has 1 fully saturated rings. The van der Waals surface area contributed by atoms with Crippen LogP contribution in [-0.4, -0.2) is 25.6 Å². The Kier molecular flexibility index (Phi) is 7.41. The van der Waals surface area contributed by atoms with Gasteiger partial charge >= 0.3 is 0 Å². The Morgan fingerprint density at radius 1 is 1.50 bits per heavy atom. The number of amides is 1. The summed E-state index contributed by atoms with van der Waals surface area (Å²) in [5, 5.41) is 6.15. The van der Waals surface area contributed by atoms with Crippen LogP contribution < -0.4 is 15.4 Å². The fourth-order valence-corrected chi connectivity index (χ4v) is 2.12. The van der Waals surface area contributed by atoms with Crippen LogP contribution in [0.15, 0.2) is 24.3 Å². The van der Waals surface area contributed by atoms with E-state index in [0.29, 0.717) is 0 Å². The number of carbonyl (C=O) groups excluding carboxylic acids is 1. The maximum absolute atomic E-state index is 12.0. The van der Waals surface area contributed by atoms with Crippen LogP contribution in [0.5, 0.6) is 5.75 Å². The minimum Gasteiger partial charge on any atom is -0.494 e. The standard InChI is InChI=1S/C15H22N2O2.ClH/c1-2-3-9-19-14-6-4-5-13(10-14)17-15(18)12-7-8-16-11-12;/h4-6,10,12,16H,2-3,7-9,11H2,1H3,(H,17,18);1H. The molecule has 1 aromatic rings. The largest absolute Gasteiger partial charge is 0.494 e. The van der Waals surface area contributed by atoms with E-state index < -0.39 is 0 Å². The highest BCUT2D eigenvalue weighted by Gasteiger charge is 2.22. The molecule has 1 amide bonds. The quantitative estimate of drug-likeness (QED) is 0.794. The summed E-state index contributed by atoms with van der Waals surface area (Å²) in [5.74, 6) is 0.996. The van der Waals surface area contributed by atoms with Crippen LogP contribution in [0.2, 0.25) is 0 Å². The summed E-state index contributed by atoms with van der Waals surface area (Å²) in [6, 6.07) is 7.61. The number of carbonyl (C=O) groups is 1. The van der Waals surface area contributed by atoms with Gasteiger partial charge in [0.25, 0.3) is 0 Å². The van der Waals surface area contributed by atoms with E-state index in [-0.39, 0.29) is 24.2 Å². The Morgan fingerprint density at radius 2 is 2.35 bits per heavy atom. The van der Waals surface area contributed by atoms with Crippen LogP contribution in [0.3, 0.4) is 0 Å². The predicted octanol–water partition coefficient (Wildman–Crippen LogP) is 2.84. The van der Waals surface area contributed by atoms with Crippen LogP contribution in [0.4, 0.5) is 5.69 Å². The van der Waals surface area contributed by atoms with Crippen molar-refractivity contribution in [1.29, 1.82) is 0 Å². The molecule has 2 N–H and O–H groups in total. The number of halogens is 1. The smallest absolute Gasteiger partial charge is 0.228 e. The lowest BCUT2D eigenvalue weighted by atomic mass is 10.1. The number of anilines is 1. The van der Waals surface area contributed by atoms with Crippen LogP contribution in [-0.2, 0) is 4.79 Å². The van der Waals surface area contributed by atoms with Gasteiger partial charge in [-0.05, 0) is 31.5 Å². The number of rotatable bonds is 6. The molecule has 0 saturated carbocycles. The summed E-state index contributed by atoms with van der Waals surface area (Å²) in [6.07, 6.45) is 3.08. The van der Waals surface area contributed by atoms with Gasteiger partial charge in [0.05, 0.1) is 12.5 Å². The van der Waals surface area contributed by atoms with Gasteiger partial charge in [-0.2, -0.15) is 0 Å². The Bertz CT molecular complexity index is 420. The molecule has 0 radical (unpaired) electrons. The Labute approximate surface area is 126 Å². The molecule has 2 rings (SSSR count). The molecular formula is C15H23ClN2O2. The predicted molar refractivity (Wildman–Crippen MR) is 83.7 cm³/mol. The number of hydrogen-bond acceptors (Lipinski definition) is 3. The van der Waals surface area contributed by atoms with E-state index in [1.807, 2.05) is 24.3 Å². The van der Waals surface area contributed by atoms with E-state index in [2.05, 4.69) is 17.6 Å². The van der Waals surface area contributed by atoms with Crippen LogP contribution in [0, 0.1) is 5.92 Å². The highest BCUT2D eigenvalue weighted by molar-refractivity contribution is 5.93. The molecule has 1 aliphatic rings. The molecule has 1 saturated heterocycles. The minimum atomic E-state index is 0. The van der Waals surface area contributed by atoms with E-state index in [4.69, 9.17) is 4.74 Å². The first kappa shape index (κ1) is 16.8. The van der Waals surface area contributed by atoms with Gasteiger partial charge in [0.1, 0.15) is 5.75 Å². The van der Waals surface area contributed by atoms with Crippen molar-refractivity contribution in [1.82, 2.24) is 5.32 Å². The van der Waals surface area contributed by atoms with Gasteiger partial charge < -0.3 is 15.4 Å². The summed E-state index contributed by atoms with van der Waals surface area (Å²) in [5.41, 5.74) is 0.811. The zero-order valence-electron chi connectivity index (χ0n) is 11.9. The van der Waals surface area contributed by atoms with Gasteiger partial charge in [0.2, 0.25) is 5.91 Å². The lowest BCUT2D eigenvalue weighted by Gasteiger charge is -2.11. The van der Waals surface area contributed by atoms with E-state index in [1.165, 1.54) is 0 Å². The van der Waals surface area contributed by atoms with Gasteiger partial charge in [-0.1, -0.05) is 19.4 Å². The van der Waals surface area contributed by atoms with Gasteiger partial charge in [-0.3, -0.25) is 4.79 Å². The first-order valence-corrected chi connectivity index (χ1v) is 7.04. The minimum absolute atomic E-state index is 0. The second kappa shape index (κ2) is 8.82. The molecule has 1 atom stereocenters. The third kappa shape index (κ3) is 5.02. The first-order valence-electron chi connectivity index (χ1n) is 7.04. The lowest BCUT2D eigenvalue weighted by Crippen LogP contribution is -2.24. The second-order valence-electron chi connectivity index (χ2n) is 4.91. The molecule has 1 heterocycles. The van der Waals surface area contributed by atoms with E-state index in [0.717, 1.165) is 50.4 Å². The molecule has 1 unspecified atom stereocenters. The summed E-state index contributed by atoms with van der Waals surface area (Å²) in [4.78, 5) is 12.0. The van der Waals surface area contributed by atoms with E-state index in [1.54, 1.807) is 0 Å². The van der Waals surface area contributed by atoms with Gasteiger partial charge in [-0.15, -0.1) is 12.4 Å². The van der Waals surface area contributed by atoms with Crippen molar-refractivity contribution < 1.29 is 9.53 Å². The maximum atomic E-state index is 12.0.